The number of benzene rings is 3. The monoisotopic (exact) mass is 541 g/mol. The maximum Gasteiger partial charge on any atom is 0.164 e. The van der Waals surface area contributed by atoms with Crippen molar-refractivity contribution in [3.63, 3.8) is 0 Å². The molecule has 0 aliphatic heterocycles. The number of halogens is 1. The Kier molecular flexibility index (Phi) is 6.31. The van der Waals surface area contributed by atoms with Crippen LogP contribution in [0.3, 0.4) is 0 Å². The van der Waals surface area contributed by atoms with Crippen LogP contribution in [0, 0.1) is 0 Å². The smallest absolute Gasteiger partial charge is 0.164 e. The van der Waals surface area contributed by atoms with Gasteiger partial charge in [-0.1, -0.05) is 76.6 Å². The van der Waals surface area contributed by atoms with Gasteiger partial charge in [0.1, 0.15) is 0 Å². The Hall–Kier alpha value is -4.55. The van der Waals surface area contributed by atoms with E-state index >= 15 is 0 Å². The quantitative estimate of drug-likeness (QED) is 0.223. The third-order valence-corrected chi connectivity index (χ3v) is 6.43. The average Bonchev–Trinajstić information content (AvgIpc) is 2.98. The van der Waals surface area contributed by atoms with E-state index in [1.54, 1.807) is 18.6 Å². The molecule has 5 nitrogen and oxygen atoms in total. The Morgan fingerprint density at radius 1 is 0.405 bits per heavy atom. The second-order valence-electron chi connectivity index (χ2n) is 8.46. The van der Waals surface area contributed by atoms with Crippen LogP contribution in [0.15, 0.2) is 126 Å². The van der Waals surface area contributed by atoms with Gasteiger partial charge >= 0.3 is 0 Å². The molecule has 3 aromatic carbocycles. The first-order valence-electron chi connectivity index (χ1n) is 11.8. The van der Waals surface area contributed by atoms with Crippen molar-refractivity contribution < 1.29 is 0 Å². The van der Waals surface area contributed by atoms with Crippen LogP contribution in [0.5, 0.6) is 0 Å². The van der Waals surface area contributed by atoms with Gasteiger partial charge in [-0.2, -0.15) is 0 Å². The van der Waals surface area contributed by atoms with E-state index in [-0.39, 0.29) is 0 Å². The van der Waals surface area contributed by atoms with Gasteiger partial charge in [0.05, 0.1) is 0 Å². The molecule has 37 heavy (non-hydrogen) atoms. The molecule has 0 unspecified atom stereocenters. The van der Waals surface area contributed by atoms with Crippen molar-refractivity contribution in [3.8, 4) is 56.4 Å². The molecule has 0 spiro atoms. The van der Waals surface area contributed by atoms with Crippen LogP contribution >= 0.6 is 15.9 Å². The Bertz CT molecular complexity index is 1660. The summed E-state index contributed by atoms with van der Waals surface area (Å²) >= 11 is 3.67. The molecule has 0 radical (unpaired) electrons. The summed E-state index contributed by atoms with van der Waals surface area (Å²) in [7, 11) is 0. The van der Waals surface area contributed by atoms with E-state index in [4.69, 9.17) is 15.0 Å². The lowest BCUT2D eigenvalue weighted by Crippen LogP contribution is -2.00. The van der Waals surface area contributed by atoms with Gasteiger partial charge in [-0.3, -0.25) is 9.97 Å². The van der Waals surface area contributed by atoms with E-state index in [0.29, 0.717) is 17.5 Å². The van der Waals surface area contributed by atoms with Crippen LogP contribution < -0.4 is 0 Å². The normalized spacial score (nSPS) is 10.8. The summed E-state index contributed by atoms with van der Waals surface area (Å²) in [4.78, 5) is 23.0. The number of hydrogen-bond donors (Lipinski definition) is 0. The van der Waals surface area contributed by atoms with Crippen LogP contribution in [-0.4, -0.2) is 24.9 Å². The van der Waals surface area contributed by atoms with E-state index in [2.05, 4.69) is 50.2 Å². The van der Waals surface area contributed by atoms with Crippen LogP contribution in [-0.2, 0) is 0 Å². The van der Waals surface area contributed by atoms with E-state index in [0.717, 1.165) is 43.4 Å². The standard InChI is InChI=1S/C31H20BrN5/c32-28-18-26(22-12-15-33-16-13-22)17-27(19-28)31-36-29(23-5-2-1-3-6-23)35-30(37-31)24-10-8-21(9-11-24)25-7-4-14-34-20-25/h1-20H. The van der Waals surface area contributed by atoms with Crippen LogP contribution in [0.2, 0.25) is 0 Å². The van der Waals surface area contributed by atoms with Gasteiger partial charge in [-0.15, -0.1) is 0 Å². The number of rotatable bonds is 5. The van der Waals surface area contributed by atoms with Crippen molar-refractivity contribution in [1.29, 1.82) is 0 Å². The largest absolute Gasteiger partial charge is 0.265 e. The molecule has 6 heteroatoms. The molecule has 0 N–H and O–H groups in total. The molecule has 0 bridgehead atoms. The van der Waals surface area contributed by atoms with Crippen molar-refractivity contribution in [2.24, 2.45) is 0 Å². The number of nitrogens with zero attached hydrogens (tertiary/aromatic N) is 5. The topological polar surface area (TPSA) is 64.5 Å². The minimum atomic E-state index is 0.608. The highest BCUT2D eigenvalue weighted by molar-refractivity contribution is 9.10. The third kappa shape index (κ3) is 5.06. The summed E-state index contributed by atoms with van der Waals surface area (Å²) in [5, 5.41) is 0. The minimum absolute atomic E-state index is 0.608. The fraction of sp³-hybridized carbons (Fsp3) is 0. The lowest BCUT2D eigenvalue weighted by Gasteiger charge is -2.11. The van der Waals surface area contributed by atoms with Crippen molar-refractivity contribution in [1.82, 2.24) is 24.9 Å². The summed E-state index contributed by atoms with van der Waals surface area (Å²) in [6.07, 6.45) is 7.22. The zero-order chi connectivity index (χ0) is 25.0. The Labute approximate surface area is 223 Å². The molecule has 6 aromatic rings. The number of hydrogen-bond acceptors (Lipinski definition) is 5. The molecular formula is C31H20BrN5. The lowest BCUT2D eigenvalue weighted by molar-refractivity contribution is 1.07. The van der Waals surface area contributed by atoms with Crippen molar-refractivity contribution in [2.45, 2.75) is 0 Å². The summed E-state index contributed by atoms with van der Waals surface area (Å²) < 4.78 is 0.945. The first-order valence-corrected chi connectivity index (χ1v) is 12.6. The van der Waals surface area contributed by atoms with Gasteiger partial charge in [0.25, 0.3) is 0 Å². The van der Waals surface area contributed by atoms with Gasteiger partial charge in [-0.05, 0) is 58.7 Å². The second-order valence-corrected chi connectivity index (χ2v) is 9.37. The van der Waals surface area contributed by atoms with E-state index < -0.39 is 0 Å². The summed E-state index contributed by atoms with van der Waals surface area (Å²) in [5.74, 6) is 1.85. The highest BCUT2D eigenvalue weighted by atomic mass is 79.9. The molecule has 3 heterocycles. The fourth-order valence-corrected chi connectivity index (χ4v) is 4.62. The second kappa shape index (κ2) is 10.2. The molecule has 176 valence electrons. The molecule has 6 rings (SSSR count). The zero-order valence-electron chi connectivity index (χ0n) is 19.7. The highest BCUT2D eigenvalue weighted by Gasteiger charge is 2.14. The maximum atomic E-state index is 4.91. The minimum Gasteiger partial charge on any atom is -0.265 e. The highest BCUT2D eigenvalue weighted by Crippen LogP contribution is 2.31. The van der Waals surface area contributed by atoms with Crippen LogP contribution in [0.25, 0.3) is 56.4 Å². The van der Waals surface area contributed by atoms with Gasteiger partial charge in [0.2, 0.25) is 0 Å². The summed E-state index contributed by atoms with van der Waals surface area (Å²) in [6.45, 7) is 0. The SMILES string of the molecule is Brc1cc(-c2ccncc2)cc(-c2nc(-c3ccccc3)nc(-c3ccc(-c4cccnc4)cc3)n2)c1. The third-order valence-electron chi connectivity index (χ3n) is 5.98. The molecule has 0 fully saturated rings. The first kappa shape index (κ1) is 22.9. The van der Waals surface area contributed by atoms with Crippen molar-refractivity contribution in [2.75, 3.05) is 0 Å². The molecule has 0 saturated carbocycles. The Morgan fingerprint density at radius 3 is 1.65 bits per heavy atom. The van der Waals surface area contributed by atoms with Gasteiger partial charge < -0.3 is 0 Å². The predicted octanol–water partition coefficient (Wildman–Crippen LogP) is 7.76. The number of pyridine rings is 2. The van der Waals surface area contributed by atoms with Crippen LogP contribution in [0.4, 0.5) is 0 Å². The first-order chi connectivity index (χ1) is 18.2. The van der Waals surface area contributed by atoms with E-state index in [1.165, 1.54) is 0 Å². The van der Waals surface area contributed by atoms with Gasteiger partial charge in [0.15, 0.2) is 17.5 Å². The summed E-state index contributed by atoms with van der Waals surface area (Å²) in [5.41, 5.74) is 7.02. The molecule has 0 amide bonds. The predicted molar refractivity (Wildman–Crippen MR) is 150 cm³/mol. The fourth-order valence-electron chi connectivity index (χ4n) is 4.13. The van der Waals surface area contributed by atoms with Crippen LogP contribution in [0.1, 0.15) is 0 Å². The molecular weight excluding hydrogens is 522 g/mol. The molecule has 0 atom stereocenters. The molecule has 0 aliphatic carbocycles. The lowest BCUT2D eigenvalue weighted by atomic mass is 10.0. The average molecular weight is 542 g/mol. The maximum absolute atomic E-state index is 4.91. The van der Waals surface area contributed by atoms with E-state index in [9.17, 15) is 0 Å². The van der Waals surface area contributed by atoms with E-state index in [1.807, 2.05) is 79.0 Å². The Morgan fingerprint density at radius 2 is 0.973 bits per heavy atom. The molecule has 0 aliphatic rings. The zero-order valence-corrected chi connectivity index (χ0v) is 21.2. The Balaban J connectivity index is 1.47. The molecule has 0 saturated heterocycles. The van der Waals surface area contributed by atoms with Gasteiger partial charge in [0, 0.05) is 46.0 Å². The van der Waals surface area contributed by atoms with Crippen molar-refractivity contribution in [3.05, 3.63) is 126 Å². The number of aromatic nitrogens is 5. The van der Waals surface area contributed by atoms with Crippen molar-refractivity contribution >= 4 is 15.9 Å². The summed E-state index contributed by atoms with van der Waals surface area (Å²) in [6, 6.07) is 32.4. The molecule has 3 aromatic heterocycles. The van der Waals surface area contributed by atoms with Gasteiger partial charge in [-0.25, -0.2) is 15.0 Å².